The fourth-order valence-corrected chi connectivity index (χ4v) is 1.79. The van der Waals surface area contributed by atoms with Crippen LogP contribution < -0.4 is 5.32 Å². The fraction of sp³-hybridized carbons (Fsp3) is 1.00. The van der Waals surface area contributed by atoms with Crippen LogP contribution in [0.3, 0.4) is 0 Å². The summed E-state index contributed by atoms with van der Waals surface area (Å²) >= 11 is 0. The van der Waals surface area contributed by atoms with Crippen molar-refractivity contribution in [1.29, 1.82) is 0 Å². The van der Waals surface area contributed by atoms with Crippen LogP contribution in [0, 0.1) is 11.8 Å². The van der Waals surface area contributed by atoms with E-state index < -0.39 is 0 Å². The third kappa shape index (κ3) is 1.45. The highest BCUT2D eigenvalue weighted by atomic mass is 14.9. The zero-order valence-corrected chi connectivity index (χ0v) is 6.65. The molecule has 1 rings (SSSR count). The van der Waals surface area contributed by atoms with E-state index in [9.17, 15) is 0 Å². The monoisotopic (exact) mass is 127 g/mol. The molecule has 0 aromatic heterocycles. The average Bonchev–Trinajstić information content (AvgIpc) is 2.13. The van der Waals surface area contributed by atoms with E-state index in [2.05, 4.69) is 26.1 Å². The molecule has 0 saturated carbocycles. The Balaban J connectivity index is 2.40. The van der Waals surface area contributed by atoms with Crippen LogP contribution in [0.25, 0.3) is 0 Å². The van der Waals surface area contributed by atoms with Gasteiger partial charge in [-0.1, -0.05) is 13.8 Å². The molecule has 9 heavy (non-hydrogen) atoms. The molecule has 0 amide bonds. The van der Waals surface area contributed by atoms with E-state index in [0.717, 1.165) is 17.9 Å². The molecule has 1 unspecified atom stereocenters. The predicted molar refractivity (Wildman–Crippen MR) is 40.4 cm³/mol. The third-order valence-corrected chi connectivity index (χ3v) is 2.44. The quantitative estimate of drug-likeness (QED) is 0.564. The summed E-state index contributed by atoms with van der Waals surface area (Å²) in [4.78, 5) is 0. The number of rotatable bonds is 1. The molecular formula is C8H17N. The van der Waals surface area contributed by atoms with E-state index >= 15 is 0 Å². The van der Waals surface area contributed by atoms with Crippen molar-refractivity contribution in [2.24, 2.45) is 11.8 Å². The van der Waals surface area contributed by atoms with Crippen LogP contribution in [0.2, 0.25) is 0 Å². The number of hydrogen-bond acceptors (Lipinski definition) is 1. The van der Waals surface area contributed by atoms with Gasteiger partial charge >= 0.3 is 0 Å². The van der Waals surface area contributed by atoms with Crippen molar-refractivity contribution >= 4 is 0 Å². The van der Waals surface area contributed by atoms with Crippen LogP contribution in [0.1, 0.15) is 27.2 Å². The minimum absolute atomic E-state index is 0.755. The third-order valence-electron chi connectivity index (χ3n) is 2.44. The largest absolute Gasteiger partial charge is 0.314 e. The molecule has 0 radical (unpaired) electrons. The van der Waals surface area contributed by atoms with Crippen molar-refractivity contribution in [1.82, 2.24) is 5.32 Å². The predicted octanol–water partition coefficient (Wildman–Crippen LogP) is 1.64. The molecule has 1 heterocycles. The summed E-state index contributed by atoms with van der Waals surface area (Å²) in [6, 6.07) is 0.755. The number of hydrogen-bond donors (Lipinski definition) is 1. The second-order valence-corrected chi connectivity index (χ2v) is 3.44. The number of nitrogens with one attached hydrogen (secondary N) is 1. The van der Waals surface area contributed by atoms with Crippen LogP contribution in [0.5, 0.6) is 0 Å². The Morgan fingerprint density at radius 2 is 2.11 bits per heavy atom. The Kier molecular flexibility index (Phi) is 2.12. The Labute approximate surface area is 57.8 Å². The van der Waals surface area contributed by atoms with Gasteiger partial charge in [0, 0.05) is 6.04 Å². The van der Waals surface area contributed by atoms with Gasteiger partial charge < -0.3 is 5.32 Å². The molecule has 1 aliphatic heterocycles. The van der Waals surface area contributed by atoms with Gasteiger partial charge in [0.15, 0.2) is 0 Å². The van der Waals surface area contributed by atoms with Crippen LogP contribution in [-0.2, 0) is 0 Å². The first-order valence-corrected chi connectivity index (χ1v) is 3.95. The first kappa shape index (κ1) is 7.07. The molecule has 0 aliphatic carbocycles. The zero-order chi connectivity index (χ0) is 6.85. The molecule has 1 heteroatoms. The average molecular weight is 127 g/mol. The molecular weight excluding hydrogens is 110 g/mol. The topological polar surface area (TPSA) is 12.0 Å². The summed E-state index contributed by atoms with van der Waals surface area (Å²) in [7, 11) is 0. The van der Waals surface area contributed by atoms with Gasteiger partial charge in [-0.25, -0.2) is 0 Å². The second-order valence-electron chi connectivity index (χ2n) is 3.44. The van der Waals surface area contributed by atoms with E-state index in [0.29, 0.717) is 0 Å². The van der Waals surface area contributed by atoms with Crippen LogP contribution >= 0.6 is 0 Å². The molecule has 2 atom stereocenters. The summed E-state index contributed by atoms with van der Waals surface area (Å²) in [5.41, 5.74) is 0. The van der Waals surface area contributed by atoms with E-state index in [4.69, 9.17) is 0 Å². The highest BCUT2D eigenvalue weighted by Gasteiger charge is 2.24. The maximum absolute atomic E-state index is 3.45. The Morgan fingerprint density at radius 3 is 2.33 bits per heavy atom. The summed E-state index contributed by atoms with van der Waals surface area (Å²) < 4.78 is 0. The Hall–Kier alpha value is -0.0400. The van der Waals surface area contributed by atoms with Crippen molar-refractivity contribution in [3.63, 3.8) is 0 Å². The standard InChI is InChI=1S/C8H17N/c1-6(2)8-4-5-9-7(8)3/h6-9H,4-5H2,1-3H3/t7-,8?/m1/s1. The van der Waals surface area contributed by atoms with Gasteiger partial charge in [0.2, 0.25) is 0 Å². The summed E-state index contributed by atoms with van der Waals surface area (Å²) in [6.07, 6.45) is 1.37. The summed E-state index contributed by atoms with van der Waals surface area (Å²) in [5, 5.41) is 3.45. The first-order chi connectivity index (χ1) is 4.22. The maximum atomic E-state index is 3.45. The molecule has 1 N–H and O–H groups in total. The smallest absolute Gasteiger partial charge is 0.00699 e. The lowest BCUT2D eigenvalue weighted by atomic mass is 9.90. The van der Waals surface area contributed by atoms with Gasteiger partial charge in [-0.15, -0.1) is 0 Å². The van der Waals surface area contributed by atoms with Gasteiger partial charge in [-0.05, 0) is 31.7 Å². The van der Waals surface area contributed by atoms with Gasteiger partial charge in [-0.2, -0.15) is 0 Å². The molecule has 0 bridgehead atoms. The minimum atomic E-state index is 0.755. The van der Waals surface area contributed by atoms with Crippen LogP contribution in [0.4, 0.5) is 0 Å². The molecule has 0 spiro atoms. The van der Waals surface area contributed by atoms with E-state index in [1.54, 1.807) is 0 Å². The summed E-state index contributed by atoms with van der Waals surface area (Å²) in [5.74, 6) is 1.78. The Bertz CT molecular complexity index is 88.6. The van der Waals surface area contributed by atoms with Crippen molar-refractivity contribution in [3.05, 3.63) is 0 Å². The van der Waals surface area contributed by atoms with Crippen LogP contribution in [-0.4, -0.2) is 12.6 Å². The molecule has 1 fully saturated rings. The lowest BCUT2D eigenvalue weighted by Gasteiger charge is -2.18. The lowest BCUT2D eigenvalue weighted by Crippen LogP contribution is -2.25. The molecule has 1 saturated heterocycles. The van der Waals surface area contributed by atoms with Gasteiger partial charge in [0.25, 0.3) is 0 Å². The van der Waals surface area contributed by atoms with Crippen molar-refractivity contribution in [2.75, 3.05) is 6.54 Å². The van der Waals surface area contributed by atoms with Gasteiger partial charge in [-0.3, -0.25) is 0 Å². The normalized spacial score (nSPS) is 36.0. The van der Waals surface area contributed by atoms with E-state index in [1.807, 2.05) is 0 Å². The second kappa shape index (κ2) is 2.70. The highest BCUT2D eigenvalue weighted by Crippen LogP contribution is 2.22. The van der Waals surface area contributed by atoms with Crippen LogP contribution in [0.15, 0.2) is 0 Å². The molecule has 0 aromatic carbocycles. The Morgan fingerprint density at radius 1 is 1.44 bits per heavy atom. The van der Waals surface area contributed by atoms with Crippen molar-refractivity contribution in [3.8, 4) is 0 Å². The SMILES string of the molecule is CC(C)C1CCN[C@@H]1C. The molecule has 1 aliphatic rings. The van der Waals surface area contributed by atoms with Crippen molar-refractivity contribution < 1.29 is 0 Å². The summed E-state index contributed by atoms with van der Waals surface area (Å²) in [6.45, 7) is 8.14. The highest BCUT2D eigenvalue weighted by molar-refractivity contribution is 4.81. The van der Waals surface area contributed by atoms with E-state index in [-0.39, 0.29) is 0 Å². The minimum Gasteiger partial charge on any atom is -0.314 e. The zero-order valence-electron chi connectivity index (χ0n) is 6.65. The molecule has 0 aromatic rings. The van der Waals surface area contributed by atoms with E-state index in [1.165, 1.54) is 13.0 Å². The van der Waals surface area contributed by atoms with Gasteiger partial charge in [0.05, 0.1) is 0 Å². The van der Waals surface area contributed by atoms with Crippen molar-refractivity contribution in [2.45, 2.75) is 33.2 Å². The maximum Gasteiger partial charge on any atom is 0.00699 e. The fourth-order valence-electron chi connectivity index (χ4n) is 1.79. The molecule has 54 valence electrons. The lowest BCUT2D eigenvalue weighted by molar-refractivity contribution is 0.357. The van der Waals surface area contributed by atoms with Gasteiger partial charge in [0.1, 0.15) is 0 Å². The molecule has 1 nitrogen and oxygen atoms in total. The first-order valence-electron chi connectivity index (χ1n) is 3.95.